The molecule has 1 fully saturated rings. The Morgan fingerprint density at radius 3 is 2.77 bits per heavy atom. The van der Waals surface area contributed by atoms with Crippen LogP contribution in [0.2, 0.25) is 0 Å². The second kappa shape index (κ2) is 5.59. The minimum absolute atomic E-state index is 0.0606. The Bertz CT molecular complexity index is 799. The van der Waals surface area contributed by atoms with Crippen LogP contribution >= 0.6 is 0 Å². The molecule has 22 heavy (non-hydrogen) atoms. The third kappa shape index (κ3) is 2.57. The minimum Gasteiger partial charge on any atom is -0.342 e. The Hall–Kier alpha value is -2.70. The first kappa shape index (κ1) is 14.2. The van der Waals surface area contributed by atoms with Crippen LogP contribution in [0.3, 0.4) is 0 Å². The van der Waals surface area contributed by atoms with Gasteiger partial charge in [-0.05, 0) is 12.1 Å². The zero-order chi connectivity index (χ0) is 15.7. The van der Waals surface area contributed by atoms with E-state index in [1.54, 1.807) is 36.2 Å². The Morgan fingerprint density at radius 2 is 2.00 bits per heavy atom. The van der Waals surface area contributed by atoms with E-state index in [-0.39, 0.29) is 30.5 Å². The van der Waals surface area contributed by atoms with Gasteiger partial charge in [0.15, 0.2) is 0 Å². The van der Waals surface area contributed by atoms with E-state index < -0.39 is 0 Å². The molecule has 3 rings (SSSR count). The summed E-state index contributed by atoms with van der Waals surface area (Å²) in [4.78, 5) is 43.5. The number of amides is 2. The van der Waals surface area contributed by atoms with Crippen molar-refractivity contribution in [1.29, 1.82) is 0 Å². The molecule has 0 bridgehead atoms. The topological polar surface area (TPSA) is 75.5 Å². The number of hydrogen-bond acceptors (Lipinski definition) is 4. The van der Waals surface area contributed by atoms with Crippen molar-refractivity contribution in [3.8, 4) is 0 Å². The number of rotatable bonds is 2. The first-order valence-corrected chi connectivity index (χ1v) is 7.02. The fourth-order valence-corrected chi connectivity index (χ4v) is 2.44. The highest BCUT2D eigenvalue weighted by molar-refractivity contribution is 5.86. The molecular formula is C15H16N4O3. The van der Waals surface area contributed by atoms with Gasteiger partial charge in [-0.2, -0.15) is 0 Å². The van der Waals surface area contributed by atoms with Gasteiger partial charge in [-0.1, -0.05) is 12.1 Å². The van der Waals surface area contributed by atoms with Gasteiger partial charge < -0.3 is 9.80 Å². The highest BCUT2D eigenvalue weighted by Gasteiger charge is 2.25. The lowest BCUT2D eigenvalue weighted by atomic mass is 10.2. The van der Waals surface area contributed by atoms with E-state index in [0.29, 0.717) is 24.0 Å². The molecule has 1 aromatic carbocycles. The highest BCUT2D eigenvalue weighted by Crippen LogP contribution is 2.06. The molecule has 0 spiro atoms. The van der Waals surface area contributed by atoms with Crippen molar-refractivity contribution in [2.45, 2.75) is 6.54 Å². The van der Waals surface area contributed by atoms with Gasteiger partial charge in [0.25, 0.3) is 5.56 Å². The summed E-state index contributed by atoms with van der Waals surface area (Å²) >= 11 is 0. The number of piperazine rings is 1. The van der Waals surface area contributed by atoms with Crippen LogP contribution < -0.4 is 5.56 Å². The zero-order valence-corrected chi connectivity index (χ0v) is 12.2. The average Bonchev–Trinajstić information content (AvgIpc) is 2.53. The van der Waals surface area contributed by atoms with Crippen LogP contribution in [0.4, 0.5) is 0 Å². The number of carbonyl (C=O) groups excluding carboxylic acids is 2. The standard InChI is InChI=1S/C15H16N4O3/c1-17-6-7-18(8-13(17)20)14(21)9-19-10-16-12-5-3-2-4-11(12)15(19)22/h2-5,10H,6-9H2,1H3. The number of hydrogen-bond donors (Lipinski definition) is 0. The Morgan fingerprint density at radius 1 is 1.23 bits per heavy atom. The maximum absolute atomic E-state index is 12.3. The molecule has 2 amide bonds. The van der Waals surface area contributed by atoms with Crippen LogP contribution in [0.15, 0.2) is 35.4 Å². The average molecular weight is 300 g/mol. The summed E-state index contributed by atoms with van der Waals surface area (Å²) in [5, 5.41) is 0.479. The molecule has 1 aliphatic rings. The van der Waals surface area contributed by atoms with Gasteiger partial charge in [0.1, 0.15) is 6.54 Å². The molecule has 7 nitrogen and oxygen atoms in total. The minimum atomic E-state index is -0.251. The number of benzene rings is 1. The summed E-state index contributed by atoms with van der Waals surface area (Å²) in [5.41, 5.74) is 0.352. The lowest BCUT2D eigenvalue weighted by molar-refractivity contribution is -0.144. The van der Waals surface area contributed by atoms with E-state index in [9.17, 15) is 14.4 Å². The highest BCUT2D eigenvalue weighted by atomic mass is 16.2. The predicted octanol–water partition coefficient (Wildman–Crippen LogP) is -0.303. The molecule has 1 aliphatic heterocycles. The van der Waals surface area contributed by atoms with Crippen LogP contribution in [-0.4, -0.2) is 57.8 Å². The van der Waals surface area contributed by atoms with E-state index in [0.717, 1.165) is 0 Å². The summed E-state index contributed by atoms with van der Waals surface area (Å²) in [6.07, 6.45) is 1.38. The van der Waals surface area contributed by atoms with Gasteiger partial charge in [-0.3, -0.25) is 19.0 Å². The van der Waals surface area contributed by atoms with Gasteiger partial charge in [0.05, 0.1) is 23.8 Å². The fraction of sp³-hybridized carbons (Fsp3) is 0.333. The lowest BCUT2D eigenvalue weighted by Gasteiger charge is -2.32. The van der Waals surface area contributed by atoms with Crippen LogP contribution in [0.5, 0.6) is 0 Å². The van der Waals surface area contributed by atoms with Crippen molar-refractivity contribution in [2.24, 2.45) is 0 Å². The Kier molecular flexibility index (Phi) is 3.62. The lowest BCUT2D eigenvalue weighted by Crippen LogP contribution is -2.51. The molecule has 2 heterocycles. The van der Waals surface area contributed by atoms with E-state index >= 15 is 0 Å². The van der Waals surface area contributed by atoms with Crippen LogP contribution in [0, 0.1) is 0 Å². The van der Waals surface area contributed by atoms with Crippen LogP contribution in [0.25, 0.3) is 10.9 Å². The summed E-state index contributed by atoms with van der Waals surface area (Å²) in [6.45, 7) is 0.949. The van der Waals surface area contributed by atoms with E-state index in [1.807, 2.05) is 0 Å². The molecule has 0 saturated carbocycles. The Labute approximate surface area is 126 Å². The molecular weight excluding hydrogens is 284 g/mol. The van der Waals surface area contributed by atoms with Crippen molar-refractivity contribution in [3.63, 3.8) is 0 Å². The van der Waals surface area contributed by atoms with Crippen molar-refractivity contribution < 1.29 is 9.59 Å². The second-order valence-electron chi connectivity index (χ2n) is 5.33. The number of aromatic nitrogens is 2. The van der Waals surface area contributed by atoms with Crippen LogP contribution in [-0.2, 0) is 16.1 Å². The SMILES string of the molecule is CN1CCN(C(=O)Cn2cnc3ccccc3c2=O)CC1=O. The number of fused-ring (bicyclic) bond motifs is 1. The largest absolute Gasteiger partial charge is 0.342 e. The van der Waals surface area contributed by atoms with Crippen molar-refractivity contribution in [2.75, 3.05) is 26.7 Å². The molecule has 2 aromatic rings. The number of likely N-dealkylation sites (N-methyl/N-ethyl adjacent to an activating group) is 1. The second-order valence-corrected chi connectivity index (χ2v) is 5.33. The zero-order valence-electron chi connectivity index (χ0n) is 12.2. The maximum atomic E-state index is 12.3. The molecule has 0 radical (unpaired) electrons. The first-order chi connectivity index (χ1) is 10.6. The molecule has 0 atom stereocenters. The van der Waals surface area contributed by atoms with Crippen molar-refractivity contribution in [3.05, 3.63) is 40.9 Å². The molecule has 1 aromatic heterocycles. The third-order valence-corrected chi connectivity index (χ3v) is 3.85. The van der Waals surface area contributed by atoms with Gasteiger partial charge >= 0.3 is 0 Å². The molecule has 0 aliphatic carbocycles. The smallest absolute Gasteiger partial charge is 0.261 e. The molecule has 0 unspecified atom stereocenters. The van der Waals surface area contributed by atoms with E-state index in [4.69, 9.17) is 0 Å². The third-order valence-electron chi connectivity index (χ3n) is 3.85. The van der Waals surface area contributed by atoms with Crippen molar-refractivity contribution in [1.82, 2.24) is 19.4 Å². The van der Waals surface area contributed by atoms with Gasteiger partial charge in [0, 0.05) is 20.1 Å². The fourth-order valence-electron chi connectivity index (χ4n) is 2.44. The predicted molar refractivity (Wildman–Crippen MR) is 80.2 cm³/mol. The summed E-state index contributed by atoms with van der Waals surface area (Å²) in [6, 6.07) is 7.00. The monoisotopic (exact) mass is 300 g/mol. The maximum Gasteiger partial charge on any atom is 0.261 e. The molecule has 114 valence electrons. The Balaban J connectivity index is 1.81. The normalized spacial score (nSPS) is 15.4. The number of nitrogens with zero attached hydrogens (tertiary/aromatic N) is 4. The van der Waals surface area contributed by atoms with E-state index in [1.165, 1.54) is 15.8 Å². The summed E-state index contributed by atoms with van der Waals surface area (Å²) in [7, 11) is 1.71. The van der Waals surface area contributed by atoms with Gasteiger partial charge in [-0.25, -0.2) is 4.98 Å². The summed E-state index contributed by atoms with van der Waals surface area (Å²) < 4.78 is 1.29. The van der Waals surface area contributed by atoms with Crippen molar-refractivity contribution >= 4 is 22.7 Å². The van der Waals surface area contributed by atoms with Gasteiger partial charge in [0.2, 0.25) is 11.8 Å². The van der Waals surface area contributed by atoms with Gasteiger partial charge in [-0.15, -0.1) is 0 Å². The molecule has 7 heteroatoms. The first-order valence-electron chi connectivity index (χ1n) is 7.02. The summed E-state index contributed by atoms with van der Waals surface area (Å²) in [5.74, 6) is -0.343. The van der Waals surface area contributed by atoms with E-state index in [2.05, 4.69) is 4.98 Å². The quantitative estimate of drug-likeness (QED) is 0.763. The molecule has 1 saturated heterocycles. The molecule has 0 N–H and O–H groups in total. The van der Waals surface area contributed by atoms with Crippen LogP contribution in [0.1, 0.15) is 0 Å². The number of para-hydroxylation sites is 1. The number of carbonyl (C=O) groups is 2.